The average molecular weight is 543 g/mol. The predicted molar refractivity (Wildman–Crippen MR) is 146 cm³/mol. The molecular weight excluding hydrogens is 503 g/mol. The van der Waals surface area contributed by atoms with E-state index < -0.39 is 0 Å². The number of phenolic OH excluding ortho intramolecular Hbond substituents is 2. The molecule has 0 bridgehead atoms. The van der Waals surface area contributed by atoms with Crippen LogP contribution in [0.2, 0.25) is 0 Å². The fourth-order valence-electron chi connectivity index (χ4n) is 3.03. The zero-order chi connectivity index (χ0) is 24.7. The van der Waals surface area contributed by atoms with Crippen molar-refractivity contribution >= 4 is 29.1 Å². The van der Waals surface area contributed by atoms with Crippen molar-refractivity contribution < 1.29 is 34.6 Å². The van der Waals surface area contributed by atoms with Gasteiger partial charge in [0.1, 0.15) is 11.5 Å². The molecule has 34 heavy (non-hydrogen) atoms. The van der Waals surface area contributed by atoms with Crippen LogP contribution < -0.4 is 0 Å². The number of halogens is 2. The minimum atomic E-state index is 0. The number of furan rings is 1. The van der Waals surface area contributed by atoms with Crippen LogP contribution in [-0.4, -0.2) is 14.5 Å². The molecule has 1 aromatic heterocycles. The monoisotopic (exact) mass is 542 g/mol. The molecule has 6 heteroatoms. The van der Waals surface area contributed by atoms with Gasteiger partial charge in [0.25, 0.3) is 0 Å². The number of hydrogen-bond acceptors (Lipinski definition) is 3. The molecule has 0 fully saturated rings. The summed E-state index contributed by atoms with van der Waals surface area (Å²) in [7, 11) is 0. The number of phenols is 2. The molecule has 3 rings (SSSR count). The van der Waals surface area contributed by atoms with Crippen LogP contribution >= 0.6 is 24.8 Å². The van der Waals surface area contributed by atoms with E-state index in [1.165, 1.54) is 16.7 Å². The number of rotatable bonds is 1. The van der Waals surface area contributed by atoms with Gasteiger partial charge in [0.05, 0.1) is 0 Å². The molecule has 2 aromatic carbocycles. The van der Waals surface area contributed by atoms with Crippen LogP contribution in [0.15, 0.2) is 53.1 Å². The van der Waals surface area contributed by atoms with Crippen molar-refractivity contribution in [1.29, 1.82) is 0 Å². The zero-order valence-corrected chi connectivity index (χ0v) is 25.0. The maximum Gasteiger partial charge on any atom is -0.147 e. The maximum absolute atomic E-state index is 9.57. The van der Waals surface area contributed by atoms with Gasteiger partial charge < -0.3 is 10.2 Å². The number of benzene rings is 2. The van der Waals surface area contributed by atoms with Gasteiger partial charge >= 0.3 is 59.3 Å². The average Bonchev–Trinajstić information content (AvgIpc) is 3.10. The zero-order valence-electron chi connectivity index (χ0n) is 21.8. The molecule has 0 amide bonds. The minimum Gasteiger partial charge on any atom is -0.147 e. The Balaban J connectivity index is 0. The molecule has 3 aromatic rings. The Bertz CT molecular complexity index is 967. The van der Waals surface area contributed by atoms with Gasteiger partial charge in [-0.05, 0) is 47.9 Å². The molecule has 0 aliphatic carbocycles. The molecule has 0 saturated heterocycles. The Morgan fingerprint density at radius 1 is 0.706 bits per heavy atom. The van der Waals surface area contributed by atoms with E-state index >= 15 is 0 Å². The van der Waals surface area contributed by atoms with E-state index in [4.69, 9.17) is 4.42 Å². The van der Waals surface area contributed by atoms with Crippen molar-refractivity contribution in [2.24, 2.45) is 0 Å². The third-order valence-electron chi connectivity index (χ3n) is 4.95. The second kappa shape index (κ2) is 14.8. The summed E-state index contributed by atoms with van der Waals surface area (Å²) in [6, 6.07) is 13.4. The van der Waals surface area contributed by atoms with Crippen LogP contribution in [0.4, 0.5) is 0 Å². The molecule has 3 nitrogen and oxygen atoms in total. The van der Waals surface area contributed by atoms with Crippen molar-refractivity contribution in [2.75, 3.05) is 0 Å². The standard InChI is InChI=1S/2C11H16O.C6H6O.2ClH.Ti/c2*1-8-5-6-10(12)9(7-8)11(2,3)4;1-5-3-4-7-6(5)2;;;/h2*5-7,12H,1-4H3;2-4H,1H3;2*1H;. The van der Waals surface area contributed by atoms with Gasteiger partial charge in [-0.25, -0.2) is 0 Å². The van der Waals surface area contributed by atoms with Crippen LogP contribution in [0.5, 0.6) is 11.5 Å². The normalized spacial score (nSPS) is 10.4. The van der Waals surface area contributed by atoms with E-state index in [-0.39, 0.29) is 35.6 Å². The summed E-state index contributed by atoms with van der Waals surface area (Å²) in [4.78, 5) is 0. The van der Waals surface area contributed by atoms with Crippen molar-refractivity contribution in [3.8, 4) is 11.5 Å². The third-order valence-corrected chi connectivity index (χ3v) is 5.36. The van der Waals surface area contributed by atoms with Crippen molar-refractivity contribution in [3.63, 3.8) is 0 Å². The van der Waals surface area contributed by atoms with E-state index in [2.05, 4.69) is 41.5 Å². The molecule has 0 aliphatic rings. The van der Waals surface area contributed by atoms with Gasteiger partial charge in [-0.2, -0.15) is 0 Å². The van der Waals surface area contributed by atoms with Crippen molar-refractivity contribution in [1.82, 2.24) is 0 Å². The fourth-order valence-corrected chi connectivity index (χ4v) is 3.50. The first-order chi connectivity index (χ1) is 14.7. The van der Waals surface area contributed by atoms with E-state index in [1.807, 2.05) is 75.4 Å². The van der Waals surface area contributed by atoms with Gasteiger partial charge in [-0.1, -0.05) is 76.9 Å². The van der Waals surface area contributed by atoms with Gasteiger partial charge in [0, 0.05) is 0 Å². The minimum absolute atomic E-state index is 0. The first-order valence-electron chi connectivity index (χ1n) is 10.8. The summed E-state index contributed by atoms with van der Waals surface area (Å²) in [5.74, 6) is 1.77. The second-order valence-corrected chi connectivity index (χ2v) is 10.6. The van der Waals surface area contributed by atoms with E-state index in [1.54, 1.807) is 18.4 Å². The molecule has 0 spiro atoms. The summed E-state index contributed by atoms with van der Waals surface area (Å²) in [6.45, 7) is 18.7. The first kappa shape index (κ1) is 34.7. The van der Waals surface area contributed by atoms with E-state index in [9.17, 15) is 10.2 Å². The van der Waals surface area contributed by atoms with Crippen LogP contribution in [0, 0.1) is 20.8 Å². The van der Waals surface area contributed by atoms with E-state index in [0.29, 0.717) is 11.5 Å². The summed E-state index contributed by atoms with van der Waals surface area (Å²) in [5.41, 5.74) is 5.67. The summed E-state index contributed by atoms with van der Waals surface area (Å²) < 4.78 is 7.01. The van der Waals surface area contributed by atoms with Gasteiger partial charge in [-0.3, -0.25) is 0 Å². The molecule has 0 radical (unpaired) electrons. The molecule has 0 unspecified atom stereocenters. The smallest absolute Gasteiger partial charge is 0.147 e. The largest absolute Gasteiger partial charge is 0.147 e. The summed E-state index contributed by atoms with van der Waals surface area (Å²) in [6.07, 6.45) is 1.70. The number of aryl methyl sites for hydroxylation is 3. The Morgan fingerprint density at radius 2 is 1.09 bits per heavy atom. The first-order valence-corrected chi connectivity index (χ1v) is 11.7. The second-order valence-electron chi connectivity index (χ2n) is 10.2. The molecular formula is C28H40Cl2O3Ti. The number of hydrogen-bond donors (Lipinski definition) is 2. The van der Waals surface area contributed by atoms with Gasteiger partial charge in [0.2, 0.25) is 0 Å². The fraction of sp³-hybridized carbons (Fsp3) is 0.393. The molecule has 0 saturated carbocycles. The Labute approximate surface area is 229 Å². The van der Waals surface area contributed by atoms with Crippen molar-refractivity contribution in [2.45, 2.75) is 73.1 Å². The van der Waals surface area contributed by atoms with Crippen LogP contribution in [0.3, 0.4) is 0 Å². The van der Waals surface area contributed by atoms with Gasteiger partial charge in [0.15, 0.2) is 0 Å². The Kier molecular flexibility index (Phi) is 15.1. The summed E-state index contributed by atoms with van der Waals surface area (Å²) >= 11 is 1.96. The Morgan fingerprint density at radius 3 is 1.29 bits per heavy atom. The summed E-state index contributed by atoms with van der Waals surface area (Å²) in [5, 5.41) is 19.1. The molecule has 2 N–H and O–H groups in total. The topological polar surface area (TPSA) is 53.6 Å². The van der Waals surface area contributed by atoms with Crippen molar-refractivity contribution in [3.05, 3.63) is 82.3 Å². The van der Waals surface area contributed by atoms with Gasteiger partial charge in [-0.15, -0.1) is 24.8 Å². The maximum atomic E-state index is 9.57. The number of aromatic hydroxyl groups is 2. The SMILES string of the molecule is Cc1ccc(O)c(C(C)(C)C)c1.Cc1ccc(O)c(C(C)(C)C)c1.Cc1ccoc1[CH]=[Ti].Cl.Cl. The molecule has 188 valence electrons. The third kappa shape index (κ3) is 11.3. The van der Waals surface area contributed by atoms with E-state index in [0.717, 1.165) is 16.9 Å². The van der Waals surface area contributed by atoms with Crippen LogP contribution in [-0.2, 0) is 30.8 Å². The predicted octanol–water partition coefficient (Wildman–Crippen LogP) is 8.12. The molecule has 1 heterocycles. The van der Waals surface area contributed by atoms with Crippen LogP contribution in [0.25, 0.3) is 0 Å². The van der Waals surface area contributed by atoms with Crippen LogP contribution in [0.1, 0.15) is 75.1 Å². The molecule has 0 atom stereocenters. The Hall–Kier alpha value is -1.52. The molecule has 0 aliphatic heterocycles. The quantitative estimate of drug-likeness (QED) is 0.305.